The maximum absolute atomic E-state index is 14.0. The smallest absolute Gasteiger partial charge is 0.345 e. The second-order valence-electron chi connectivity index (χ2n) is 6.38. The van der Waals surface area contributed by atoms with Crippen LogP contribution in [0.4, 0.5) is 4.39 Å². The molecule has 0 radical (unpaired) electrons. The van der Waals surface area contributed by atoms with Crippen LogP contribution >= 0.6 is 15.9 Å². The zero-order chi connectivity index (χ0) is 18.2. The van der Waals surface area contributed by atoms with Crippen molar-refractivity contribution in [3.63, 3.8) is 0 Å². The van der Waals surface area contributed by atoms with E-state index in [1.165, 1.54) is 18.2 Å². The highest BCUT2D eigenvalue weighted by atomic mass is 79.9. The predicted molar refractivity (Wildman–Crippen MR) is 99.5 cm³/mol. The fraction of sp³-hybridized carbons (Fsp3) is 0.471. The standard InChI is InChI=1S/C17H24BrFO4Si/c1-5-22-17(20)14(18)10-13-6-7-16(15(19)11-13)23-12-21-8-9-24(2,3)4/h6-7,10-11H,5,8-9,12H2,1-4H3/b14-10-. The Morgan fingerprint density at radius 1 is 1.33 bits per heavy atom. The van der Waals surface area contributed by atoms with Crippen LogP contribution in [-0.2, 0) is 14.3 Å². The number of carbonyl (C=O) groups excluding carboxylic acids is 1. The molecule has 0 aliphatic rings. The quantitative estimate of drug-likeness (QED) is 0.189. The SMILES string of the molecule is CCOC(=O)/C(Br)=C/c1ccc(OCOCC[Si](C)(C)C)c(F)c1. The summed E-state index contributed by atoms with van der Waals surface area (Å²) in [5.74, 6) is -0.886. The summed E-state index contributed by atoms with van der Waals surface area (Å²) < 4.78 is 29.8. The van der Waals surface area contributed by atoms with Gasteiger partial charge in [0.25, 0.3) is 0 Å². The number of carbonyl (C=O) groups is 1. The molecule has 0 unspecified atom stereocenters. The van der Waals surface area contributed by atoms with Crippen LogP contribution in [0.2, 0.25) is 25.7 Å². The van der Waals surface area contributed by atoms with Crippen molar-refractivity contribution >= 4 is 36.0 Å². The van der Waals surface area contributed by atoms with Gasteiger partial charge in [0.2, 0.25) is 0 Å². The first-order chi connectivity index (χ1) is 11.2. The number of hydrogen-bond donors (Lipinski definition) is 0. The first kappa shape index (κ1) is 20.9. The van der Waals surface area contributed by atoms with Crippen LogP contribution in [0.3, 0.4) is 0 Å². The average molecular weight is 419 g/mol. The van der Waals surface area contributed by atoms with E-state index < -0.39 is 19.9 Å². The molecule has 1 aromatic carbocycles. The van der Waals surface area contributed by atoms with E-state index in [2.05, 4.69) is 35.6 Å². The molecule has 4 nitrogen and oxygen atoms in total. The molecule has 0 aromatic heterocycles. The Balaban J connectivity index is 2.56. The molecule has 7 heteroatoms. The number of esters is 1. The van der Waals surface area contributed by atoms with Crippen LogP contribution < -0.4 is 4.74 Å². The minimum Gasteiger partial charge on any atom is -0.464 e. The molecule has 0 atom stereocenters. The molecule has 0 heterocycles. The van der Waals surface area contributed by atoms with Gasteiger partial charge in [-0.3, -0.25) is 0 Å². The Kier molecular flexibility index (Phi) is 8.65. The molecule has 0 aliphatic heterocycles. The van der Waals surface area contributed by atoms with Gasteiger partial charge in [0.1, 0.15) is 4.48 Å². The molecule has 134 valence electrons. The van der Waals surface area contributed by atoms with Crippen LogP contribution in [0.15, 0.2) is 22.7 Å². The summed E-state index contributed by atoms with van der Waals surface area (Å²) >= 11 is 3.12. The molecule has 1 rings (SSSR count). The molecule has 0 bridgehead atoms. The van der Waals surface area contributed by atoms with Gasteiger partial charge >= 0.3 is 5.97 Å². The van der Waals surface area contributed by atoms with Gasteiger partial charge in [-0.05, 0) is 52.7 Å². The fourth-order valence-corrected chi connectivity index (χ4v) is 2.81. The Labute approximate surface area is 152 Å². The Bertz CT molecular complexity index is 584. The second kappa shape index (κ2) is 9.96. The summed E-state index contributed by atoms with van der Waals surface area (Å²) in [4.78, 5) is 11.5. The van der Waals surface area contributed by atoms with E-state index in [0.717, 1.165) is 6.04 Å². The van der Waals surface area contributed by atoms with Gasteiger partial charge in [0.05, 0.1) is 6.61 Å². The lowest BCUT2D eigenvalue weighted by molar-refractivity contribution is -0.137. The molecule has 1 aromatic rings. The van der Waals surface area contributed by atoms with Gasteiger partial charge < -0.3 is 14.2 Å². The van der Waals surface area contributed by atoms with Crippen LogP contribution in [-0.4, -0.2) is 34.0 Å². The molecule has 0 amide bonds. The summed E-state index contributed by atoms with van der Waals surface area (Å²) in [6.07, 6.45) is 1.50. The van der Waals surface area contributed by atoms with Gasteiger partial charge in [-0.25, -0.2) is 9.18 Å². The van der Waals surface area contributed by atoms with E-state index in [1.54, 1.807) is 13.0 Å². The van der Waals surface area contributed by atoms with E-state index in [0.29, 0.717) is 12.2 Å². The molecule has 0 aliphatic carbocycles. The van der Waals surface area contributed by atoms with Gasteiger partial charge in [-0.1, -0.05) is 25.7 Å². The van der Waals surface area contributed by atoms with Crippen molar-refractivity contribution in [1.29, 1.82) is 0 Å². The Hall–Kier alpha value is -1.18. The zero-order valence-corrected chi connectivity index (χ0v) is 17.1. The summed E-state index contributed by atoms with van der Waals surface area (Å²) in [6, 6.07) is 5.48. The van der Waals surface area contributed by atoms with Crippen LogP contribution in [0, 0.1) is 5.82 Å². The average Bonchev–Trinajstić information content (AvgIpc) is 2.48. The molecular formula is C17H24BrFO4Si. The van der Waals surface area contributed by atoms with E-state index in [4.69, 9.17) is 14.2 Å². The van der Waals surface area contributed by atoms with Gasteiger partial charge in [-0.15, -0.1) is 0 Å². The van der Waals surface area contributed by atoms with Crippen molar-refractivity contribution in [3.05, 3.63) is 34.1 Å². The number of ether oxygens (including phenoxy) is 3. The number of rotatable bonds is 9. The zero-order valence-electron chi connectivity index (χ0n) is 14.5. The van der Waals surface area contributed by atoms with Crippen LogP contribution in [0.25, 0.3) is 6.08 Å². The van der Waals surface area contributed by atoms with E-state index in [-0.39, 0.29) is 23.6 Å². The Morgan fingerprint density at radius 2 is 2.04 bits per heavy atom. The first-order valence-electron chi connectivity index (χ1n) is 7.77. The lowest BCUT2D eigenvalue weighted by atomic mass is 10.2. The van der Waals surface area contributed by atoms with Crippen molar-refractivity contribution in [1.82, 2.24) is 0 Å². The monoisotopic (exact) mass is 418 g/mol. The maximum Gasteiger partial charge on any atom is 0.345 e. The lowest BCUT2D eigenvalue weighted by Crippen LogP contribution is -2.22. The fourth-order valence-electron chi connectivity index (χ4n) is 1.67. The van der Waals surface area contributed by atoms with E-state index in [9.17, 15) is 9.18 Å². The summed E-state index contributed by atoms with van der Waals surface area (Å²) in [6.45, 7) is 9.41. The number of benzene rings is 1. The largest absolute Gasteiger partial charge is 0.464 e. The highest BCUT2D eigenvalue weighted by Gasteiger charge is 2.12. The molecule has 0 N–H and O–H groups in total. The van der Waals surface area contributed by atoms with Gasteiger partial charge in [0.15, 0.2) is 18.4 Å². The van der Waals surface area contributed by atoms with Crippen molar-refractivity contribution in [2.24, 2.45) is 0 Å². The van der Waals surface area contributed by atoms with E-state index in [1.807, 2.05) is 0 Å². The molecule has 0 saturated heterocycles. The molecule has 0 fully saturated rings. The van der Waals surface area contributed by atoms with Gasteiger partial charge in [0, 0.05) is 14.7 Å². The number of halogens is 2. The highest BCUT2D eigenvalue weighted by Crippen LogP contribution is 2.21. The second-order valence-corrected chi connectivity index (χ2v) is 12.9. The van der Waals surface area contributed by atoms with Crippen molar-refractivity contribution in [2.75, 3.05) is 20.0 Å². The summed E-state index contributed by atoms with van der Waals surface area (Å²) in [5, 5.41) is 0. The highest BCUT2D eigenvalue weighted by molar-refractivity contribution is 9.12. The van der Waals surface area contributed by atoms with Crippen molar-refractivity contribution < 1.29 is 23.4 Å². The minimum atomic E-state index is -1.14. The minimum absolute atomic E-state index is 0.0170. The molecule has 24 heavy (non-hydrogen) atoms. The topological polar surface area (TPSA) is 44.8 Å². The predicted octanol–water partition coefficient (Wildman–Crippen LogP) is 4.82. The lowest BCUT2D eigenvalue weighted by Gasteiger charge is -2.15. The molecule has 0 spiro atoms. The van der Waals surface area contributed by atoms with Crippen molar-refractivity contribution in [2.45, 2.75) is 32.6 Å². The van der Waals surface area contributed by atoms with Crippen LogP contribution in [0.5, 0.6) is 5.75 Å². The Morgan fingerprint density at radius 3 is 2.62 bits per heavy atom. The third-order valence-electron chi connectivity index (χ3n) is 3.01. The summed E-state index contributed by atoms with van der Waals surface area (Å²) in [7, 11) is -1.14. The first-order valence-corrected chi connectivity index (χ1v) is 12.3. The van der Waals surface area contributed by atoms with Crippen LogP contribution in [0.1, 0.15) is 12.5 Å². The summed E-state index contributed by atoms with van der Waals surface area (Å²) in [5.41, 5.74) is 0.527. The van der Waals surface area contributed by atoms with Crippen molar-refractivity contribution in [3.8, 4) is 5.75 Å². The third kappa shape index (κ3) is 8.08. The number of hydrogen-bond acceptors (Lipinski definition) is 4. The third-order valence-corrected chi connectivity index (χ3v) is 5.27. The molecule has 0 saturated carbocycles. The van der Waals surface area contributed by atoms with E-state index >= 15 is 0 Å². The normalized spacial score (nSPS) is 12.2. The molecular weight excluding hydrogens is 395 g/mol. The maximum atomic E-state index is 14.0. The van der Waals surface area contributed by atoms with Gasteiger partial charge in [-0.2, -0.15) is 0 Å².